The van der Waals surface area contributed by atoms with E-state index in [1.54, 1.807) is 6.20 Å². The average molecular weight is 231 g/mol. The number of pyridine rings is 1. The number of rotatable bonds is 2. The normalized spacial score (nSPS) is 32.5. The number of piperidine rings is 2. The molecule has 0 atom stereocenters. The molecule has 1 aromatic heterocycles. The Morgan fingerprint density at radius 2 is 2.06 bits per heavy atom. The van der Waals surface area contributed by atoms with E-state index in [2.05, 4.69) is 15.6 Å². The number of hydrogen-bond acceptors (Lipinski definition) is 4. The van der Waals surface area contributed by atoms with Crippen molar-refractivity contribution < 1.29 is 4.79 Å². The summed E-state index contributed by atoms with van der Waals surface area (Å²) in [5.74, 6) is 0.557. The van der Waals surface area contributed by atoms with Crippen LogP contribution in [0.1, 0.15) is 5.69 Å². The number of nitrogens with one attached hydrogen (secondary N) is 2. The summed E-state index contributed by atoms with van der Waals surface area (Å²) in [4.78, 5) is 16.8. The Hall–Kier alpha value is -1.26. The first-order valence-corrected chi connectivity index (χ1v) is 6.16. The van der Waals surface area contributed by atoms with Crippen LogP contribution in [-0.2, 0) is 11.2 Å². The summed E-state index contributed by atoms with van der Waals surface area (Å²) >= 11 is 0. The van der Waals surface area contributed by atoms with Crippen LogP contribution in [0.2, 0.25) is 0 Å². The second kappa shape index (κ2) is 4.20. The Morgan fingerprint density at radius 3 is 2.71 bits per heavy atom. The maximum atomic E-state index is 12.4. The predicted molar refractivity (Wildman–Crippen MR) is 64.6 cm³/mol. The predicted octanol–water partition coefficient (Wildman–Crippen LogP) is 0.00220. The third-order valence-corrected chi connectivity index (χ3v) is 3.85. The van der Waals surface area contributed by atoms with Gasteiger partial charge in [-0.15, -0.1) is 0 Å². The summed E-state index contributed by atoms with van der Waals surface area (Å²) in [6, 6.07) is 5.89. The first-order valence-electron chi connectivity index (χ1n) is 6.16. The highest BCUT2D eigenvalue weighted by molar-refractivity contribution is 5.89. The third-order valence-electron chi connectivity index (χ3n) is 3.85. The third kappa shape index (κ3) is 1.87. The summed E-state index contributed by atoms with van der Waals surface area (Å²) in [6.07, 6.45) is 2.53. The van der Waals surface area contributed by atoms with E-state index in [0.717, 1.165) is 38.3 Å². The highest BCUT2D eigenvalue weighted by Gasteiger charge is 2.47. The number of hydrogen-bond donors (Lipinski definition) is 2. The van der Waals surface area contributed by atoms with Gasteiger partial charge in [-0.05, 0) is 12.1 Å². The molecule has 4 nitrogen and oxygen atoms in total. The Morgan fingerprint density at radius 1 is 1.29 bits per heavy atom. The van der Waals surface area contributed by atoms with Crippen molar-refractivity contribution >= 4 is 5.78 Å². The van der Waals surface area contributed by atoms with Crippen LogP contribution in [0, 0.1) is 11.3 Å². The minimum Gasteiger partial charge on any atom is -0.315 e. The maximum absolute atomic E-state index is 12.4. The monoisotopic (exact) mass is 231 g/mol. The molecule has 4 heteroatoms. The Balaban J connectivity index is 1.86. The largest absolute Gasteiger partial charge is 0.315 e. The van der Waals surface area contributed by atoms with Gasteiger partial charge in [-0.2, -0.15) is 0 Å². The van der Waals surface area contributed by atoms with E-state index >= 15 is 0 Å². The highest BCUT2D eigenvalue weighted by Crippen LogP contribution is 2.31. The lowest BCUT2D eigenvalue weighted by Crippen LogP contribution is -2.63. The lowest BCUT2D eigenvalue weighted by atomic mass is 9.69. The van der Waals surface area contributed by atoms with Crippen molar-refractivity contribution in [2.75, 3.05) is 26.2 Å². The van der Waals surface area contributed by atoms with Gasteiger partial charge in [0.2, 0.25) is 0 Å². The average Bonchev–Trinajstić information content (AvgIpc) is 2.32. The number of carbonyl (C=O) groups excluding carboxylic acids is 1. The molecule has 0 radical (unpaired) electrons. The maximum Gasteiger partial charge on any atom is 0.147 e. The molecular weight excluding hydrogens is 214 g/mol. The van der Waals surface area contributed by atoms with E-state index in [-0.39, 0.29) is 11.3 Å². The number of Topliss-reactive ketones (excluding diaryl/α,β-unsaturated/α-hetero) is 1. The fourth-order valence-electron chi connectivity index (χ4n) is 2.96. The van der Waals surface area contributed by atoms with Gasteiger partial charge < -0.3 is 10.6 Å². The minimum atomic E-state index is -0.282. The Bertz CT molecular complexity index is 408. The van der Waals surface area contributed by atoms with Gasteiger partial charge in [0.1, 0.15) is 5.78 Å². The van der Waals surface area contributed by atoms with Crippen molar-refractivity contribution in [2.24, 2.45) is 11.3 Å². The molecule has 0 spiro atoms. The van der Waals surface area contributed by atoms with Crippen molar-refractivity contribution in [3.05, 3.63) is 30.1 Å². The molecule has 0 amide bonds. The fraction of sp³-hybridized carbons (Fsp3) is 0.538. The van der Waals surface area contributed by atoms with Gasteiger partial charge in [-0.3, -0.25) is 9.78 Å². The van der Waals surface area contributed by atoms with Crippen LogP contribution in [0.4, 0.5) is 0 Å². The number of aromatic nitrogens is 1. The van der Waals surface area contributed by atoms with Gasteiger partial charge in [0.05, 0.1) is 5.41 Å². The van der Waals surface area contributed by atoms with E-state index in [9.17, 15) is 4.79 Å². The molecule has 3 rings (SSSR count). The van der Waals surface area contributed by atoms with Crippen LogP contribution in [0.25, 0.3) is 0 Å². The molecular formula is C13H17N3O. The van der Waals surface area contributed by atoms with Crippen molar-refractivity contribution in [3.63, 3.8) is 0 Å². The van der Waals surface area contributed by atoms with Crippen molar-refractivity contribution in [2.45, 2.75) is 6.42 Å². The molecule has 0 aliphatic carbocycles. The lowest BCUT2D eigenvalue weighted by molar-refractivity contribution is -0.137. The quantitative estimate of drug-likeness (QED) is 0.752. The summed E-state index contributed by atoms with van der Waals surface area (Å²) in [6.45, 7) is 3.17. The van der Waals surface area contributed by atoms with E-state index in [1.807, 2.05) is 18.2 Å². The second-order valence-electron chi connectivity index (χ2n) is 5.10. The number of fused-ring (bicyclic) bond motifs is 2. The summed E-state index contributed by atoms with van der Waals surface area (Å²) < 4.78 is 0. The van der Waals surface area contributed by atoms with E-state index in [4.69, 9.17) is 0 Å². The van der Waals surface area contributed by atoms with Crippen LogP contribution in [-0.4, -0.2) is 36.9 Å². The molecule has 0 saturated carbocycles. The summed E-state index contributed by atoms with van der Waals surface area (Å²) in [5.41, 5.74) is 0.724. The van der Waals surface area contributed by atoms with Gasteiger partial charge >= 0.3 is 0 Å². The SMILES string of the molecule is O=C1C2CNCC1(Cc1ccccn1)CNC2. The highest BCUT2D eigenvalue weighted by atomic mass is 16.1. The summed E-state index contributed by atoms with van der Waals surface area (Å²) in [5, 5.41) is 6.78. The van der Waals surface area contributed by atoms with Crippen LogP contribution in [0.15, 0.2) is 24.4 Å². The molecule has 0 aromatic carbocycles. The zero-order valence-electron chi connectivity index (χ0n) is 9.78. The lowest BCUT2D eigenvalue weighted by Gasteiger charge is -2.44. The van der Waals surface area contributed by atoms with Crippen molar-refractivity contribution in [3.8, 4) is 0 Å². The zero-order chi connectivity index (χ0) is 11.7. The van der Waals surface area contributed by atoms with Crippen LogP contribution in [0.3, 0.4) is 0 Å². The molecule has 2 bridgehead atoms. The molecule has 2 fully saturated rings. The topological polar surface area (TPSA) is 54.0 Å². The molecule has 90 valence electrons. The molecule has 3 heterocycles. The van der Waals surface area contributed by atoms with E-state index in [1.165, 1.54) is 0 Å². The Labute approximate surface area is 101 Å². The van der Waals surface area contributed by atoms with Crippen LogP contribution < -0.4 is 10.6 Å². The van der Waals surface area contributed by atoms with Crippen LogP contribution >= 0.6 is 0 Å². The van der Waals surface area contributed by atoms with Gasteiger partial charge in [0, 0.05) is 50.4 Å². The van der Waals surface area contributed by atoms with Gasteiger partial charge in [-0.25, -0.2) is 0 Å². The summed E-state index contributed by atoms with van der Waals surface area (Å²) in [7, 11) is 0. The molecule has 2 aliphatic rings. The fourth-order valence-corrected chi connectivity index (χ4v) is 2.96. The second-order valence-corrected chi connectivity index (χ2v) is 5.10. The number of nitrogens with zero attached hydrogens (tertiary/aromatic N) is 1. The van der Waals surface area contributed by atoms with E-state index < -0.39 is 0 Å². The first-order chi connectivity index (χ1) is 8.30. The first kappa shape index (κ1) is 10.9. The van der Waals surface area contributed by atoms with Crippen molar-refractivity contribution in [1.29, 1.82) is 0 Å². The number of ketones is 1. The van der Waals surface area contributed by atoms with Crippen molar-refractivity contribution in [1.82, 2.24) is 15.6 Å². The van der Waals surface area contributed by atoms with Crippen LogP contribution in [0.5, 0.6) is 0 Å². The van der Waals surface area contributed by atoms with Gasteiger partial charge in [0.25, 0.3) is 0 Å². The van der Waals surface area contributed by atoms with Gasteiger partial charge in [-0.1, -0.05) is 6.07 Å². The molecule has 2 aliphatic heterocycles. The minimum absolute atomic E-state index is 0.140. The standard InChI is InChI=1S/C13H17N3O/c17-12-10-6-14-8-13(12,9-15-7-10)5-11-3-1-2-4-16-11/h1-4,10,14-15H,5-9H2. The zero-order valence-corrected chi connectivity index (χ0v) is 9.78. The smallest absolute Gasteiger partial charge is 0.147 e. The molecule has 1 aromatic rings. The molecule has 0 unspecified atom stereocenters. The molecule has 17 heavy (non-hydrogen) atoms. The number of carbonyl (C=O) groups is 1. The van der Waals surface area contributed by atoms with Gasteiger partial charge in [0.15, 0.2) is 0 Å². The molecule has 2 saturated heterocycles. The molecule has 2 N–H and O–H groups in total. The van der Waals surface area contributed by atoms with E-state index in [0.29, 0.717) is 5.78 Å². The Kier molecular flexibility index (Phi) is 2.68.